The first-order valence-corrected chi connectivity index (χ1v) is 5.45. The van der Waals surface area contributed by atoms with Gasteiger partial charge >= 0.3 is 0 Å². The van der Waals surface area contributed by atoms with Crippen molar-refractivity contribution in [3.05, 3.63) is 47.8 Å². The highest BCUT2D eigenvalue weighted by atomic mass is 19.1. The SMILES string of the molecule is FCCOCc1cn(Cc2ccccc2)nn1. The van der Waals surface area contributed by atoms with E-state index in [0.717, 1.165) is 11.3 Å². The van der Waals surface area contributed by atoms with Crippen molar-refractivity contribution in [3.63, 3.8) is 0 Å². The lowest BCUT2D eigenvalue weighted by atomic mass is 10.2. The average Bonchev–Trinajstić information content (AvgIpc) is 2.79. The number of ether oxygens (including phenoxy) is 1. The van der Waals surface area contributed by atoms with Gasteiger partial charge < -0.3 is 4.74 Å². The van der Waals surface area contributed by atoms with Crippen LogP contribution in [0.15, 0.2) is 36.5 Å². The highest BCUT2D eigenvalue weighted by molar-refractivity contribution is 5.14. The zero-order valence-electron chi connectivity index (χ0n) is 9.42. The highest BCUT2D eigenvalue weighted by Crippen LogP contribution is 2.02. The van der Waals surface area contributed by atoms with E-state index in [1.165, 1.54) is 0 Å². The lowest BCUT2D eigenvalue weighted by Crippen LogP contribution is -2.00. The Morgan fingerprint density at radius 1 is 1.24 bits per heavy atom. The van der Waals surface area contributed by atoms with Crippen LogP contribution in [0.3, 0.4) is 0 Å². The molecule has 5 heteroatoms. The van der Waals surface area contributed by atoms with Crippen LogP contribution >= 0.6 is 0 Å². The minimum Gasteiger partial charge on any atom is -0.372 e. The van der Waals surface area contributed by atoms with Crippen molar-refractivity contribution in [2.75, 3.05) is 13.3 Å². The van der Waals surface area contributed by atoms with Crippen molar-refractivity contribution in [2.24, 2.45) is 0 Å². The number of aromatic nitrogens is 3. The zero-order valence-corrected chi connectivity index (χ0v) is 9.42. The summed E-state index contributed by atoms with van der Waals surface area (Å²) in [6.07, 6.45) is 1.81. The van der Waals surface area contributed by atoms with Gasteiger partial charge in [0.25, 0.3) is 0 Å². The van der Waals surface area contributed by atoms with Crippen LogP contribution in [-0.2, 0) is 17.9 Å². The van der Waals surface area contributed by atoms with Gasteiger partial charge in [0.2, 0.25) is 0 Å². The molecule has 17 heavy (non-hydrogen) atoms. The van der Waals surface area contributed by atoms with E-state index in [1.54, 1.807) is 4.68 Å². The predicted octanol–water partition coefficient (Wildman–Crippen LogP) is 1.81. The van der Waals surface area contributed by atoms with Crippen LogP contribution in [0, 0.1) is 0 Å². The van der Waals surface area contributed by atoms with Crippen LogP contribution in [0.4, 0.5) is 4.39 Å². The van der Waals surface area contributed by atoms with Gasteiger partial charge in [-0.2, -0.15) is 0 Å². The molecule has 0 aliphatic rings. The van der Waals surface area contributed by atoms with Crippen molar-refractivity contribution in [2.45, 2.75) is 13.2 Å². The molecule has 2 rings (SSSR count). The molecular weight excluding hydrogens is 221 g/mol. The maximum absolute atomic E-state index is 11.8. The van der Waals surface area contributed by atoms with E-state index in [4.69, 9.17) is 4.74 Å². The van der Waals surface area contributed by atoms with Crippen molar-refractivity contribution < 1.29 is 9.13 Å². The molecule has 0 unspecified atom stereocenters. The molecule has 0 atom stereocenters. The second-order valence-electron chi connectivity index (χ2n) is 3.63. The van der Waals surface area contributed by atoms with Crippen LogP contribution in [0.1, 0.15) is 11.3 Å². The van der Waals surface area contributed by atoms with Crippen LogP contribution in [0.25, 0.3) is 0 Å². The Hall–Kier alpha value is -1.75. The van der Waals surface area contributed by atoms with Crippen LogP contribution in [0.5, 0.6) is 0 Å². The number of halogens is 1. The van der Waals surface area contributed by atoms with Gasteiger partial charge in [-0.05, 0) is 5.56 Å². The lowest BCUT2D eigenvalue weighted by molar-refractivity contribution is 0.104. The van der Waals surface area contributed by atoms with E-state index in [0.29, 0.717) is 13.2 Å². The fourth-order valence-electron chi connectivity index (χ4n) is 1.48. The average molecular weight is 235 g/mol. The van der Waals surface area contributed by atoms with Crippen LogP contribution in [0.2, 0.25) is 0 Å². The Kier molecular flexibility index (Phi) is 4.21. The molecule has 2 aromatic rings. The van der Waals surface area contributed by atoms with Gasteiger partial charge in [-0.1, -0.05) is 35.5 Å². The molecule has 90 valence electrons. The topological polar surface area (TPSA) is 39.9 Å². The first-order valence-electron chi connectivity index (χ1n) is 5.45. The van der Waals surface area contributed by atoms with Crippen molar-refractivity contribution in [1.29, 1.82) is 0 Å². The standard InChI is InChI=1S/C12H14FN3O/c13-6-7-17-10-12-9-16(15-14-12)8-11-4-2-1-3-5-11/h1-5,9H,6-8,10H2. The molecule has 4 nitrogen and oxygen atoms in total. The maximum atomic E-state index is 11.8. The predicted molar refractivity (Wildman–Crippen MR) is 61.2 cm³/mol. The molecule has 0 spiro atoms. The molecule has 1 aromatic carbocycles. The molecule has 0 bridgehead atoms. The summed E-state index contributed by atoms with van der Waals surface area (Å²) in [4.78, 5) is 0. The van der Waals surface area contributed by atoms with Crippen molar-refractivity contribution in [1.82, 2.24) is 15.0 Å². The first-order chi connectivity index (χ1) is 8.38. The van der Waals surface area contributed by atoms with Gasteiger partial charge in [0.1, 0.15) is 12.4 Å². The van der Waals surface area contributed by atoms with Gasteiger partial charge in [-0.3, -0.25) is 0 Å². The fourth-order valence-corrected chi connectivity index (χ4v) is 1.48. The molecule has 0 amide bonds. The molecular formula is C12H14FN3O. The summed E-state index contributed by atoms with van der Waals surface area (Å²) in [5.74, 6) is 0. The highest BCUT2D eigenvalue weighted by Gasteiger charge is 2.01. The fraction of sp³-hybridized carbons (Fsp3) is 0.333. The zero-order chi connectivity index (χ0) is 11.9. The molecule has 0 aliphatic carbocycles. The summed E-state index contributed by atoms with van der Waals surface area (Å²) >= 11 is 0. The van der Waals surface area contributed by atoms with Gasteiger partial charge in [-0.15, -0.1) is 5.10 Å². The monoisotopic (exact) mass is 235 g/mol. The first kappa shape index (κ1) is 11.7. The van der Waals surface area contributed by atoms with E-state index in [2.05, 4.69) is 10.3 Å². The second kappa shape index (κ2) is 6.10. The summed E-state index contributed by atoms with van der Waals surface area (Å²) in [6, 6.07) is 10.00. The third-order valence-corrected chi connectivity index (χ3v) is 2.24. The summed E-state index contributed by atoms with van der Waals surface area (Å²) in [5, 5.41) is 7.93. The molecule has 0 aliphatic heterocycles. The quantitative estimate of drug-likeness (QED) is 0.717. The molecule has 0 fully saturated rings. The summed E-state index contributed by atoms with van der Waals surface area (Å²) < 4.78 is 18.6. The van der Waals surface area contributed by atoms with Gasteiger partial charge in [0.15, 0.2) is 0 Å². The minimum absolute atomic E-state index is 0.103. The number of hydrogen-bond acceptors (Lipinski definition) is 3. The Bertz CT molecular complexity index is 444. The molecule has 0 saturated heterocycles. The number of benzene rings is 1. The lowest BCUT2D eigenvalue weighted by Gasteiger charge is -1.99. The van der Waals surface area contributed by atoms with Gasteiger partial charge in [0, 0.05) is 0 Å². The molecule has 0 radical (unpaired) electrons. The van der Waals surface area contributed by atoms with Crippen molar-refractivity contribution in [3.8, 4) is 0 Å². The second-order valence-corrected chi connectivity index (χ2v) is 3.63. The normalized spacial score (nSPS) is 10.6. The number of alkyl halides is 1. The number of nitrogens with zero attached hydrogens (tertiary/aromatic N) is 3. The Balaban J connectivity index is 1.90. The van der Waals surface area contributed by atoms with Gasteiger partial charge in [-0.25, -0.2) is 9.07 Å². The minimum atomic E-state index is -0.474. The summed E-state index contributed by atoms with van der Waals surface area (Å²) in [5.41, 5.74) is 1.88. The Morgan fingerprint density at radius 2 is 2.06 bits per heavy atom. The van der Waals surface area contributed by atoms with E-state index in [1.807, 2.05) is 36.5 Å². The molecule has 0 N–H and O–H groups in total. The van der Waals surface area contributed by atoms with Crippen LogP contribution in [-0.4, -0.2) is 28.3 Å². The third kappa shape index (κ3) is 3.64. The van der Waals surface area contributed by atoms with E-state index in [-0.39, 0.29) is 6.61 Å². The largest absolute Gasteiger partial charge is 0.372 e. The third-order valence-electron chi connectivity index (χ3n) is 2.24. The Labute approximate surface area is 99.0 Å². The molecule has 0 saturated carbocycles. The smallest absolute Gasteiger partial charge is 0.113 e. The van der Waals surface area contributed by atoms with Crippen LogP contribution < -0.4 is 0 Å². The van der Waals surface area contributed by atoms with E-state index >= 15 is 0 Å². The Morgan fingerprint density at radius 3 is 2.82 bits per heavy atom. The summed E-state index contributed by atoms with van der Waals surface area (Å²) in [6.45, 7) is 0.610. The van der Waals surface area contributed by atoms with Crippen molar-refractivity contribution >= 4 is 0 Å². The van der Waals surface area contributed by atoms with E-state index < -0.39 is 6.67 Å². The summed E-state index contributed by atoms with van der Waals surface area (Å²) in [7, 11) is 0. The number of hydrogen-bond donors (Lipinski definition) is 0. The molecule has 1 aromatic heterocycles. The van der Waals surface area contributed by atoms with E-state index in [9.17, 15) is 4.39 Å². The molecule has 1 heterocycles. The maximum Gasteiger partial charge on any atom is 0.113 e. The van der Waals surface area contributed by atoms with Gasteiger partial charge in [0.05, 0.1) is 26.0 Å². The number of rotatable bonds is 6.